The predicted molar refractivity (Wildman–Crippen MR) is 73.4 cm³/mol. The summed E-state index contributed by atoms with van der Waals surface area (Å²) >= 11 is 0. The van der Waals surface area contributed by atoms with Crippen LogP contribution in [-0.4, -0.2) is 27.4 Å². The monoisotopic (exact) mass is 286 g/mol. The number of carbonyl (C=O) groups is 1. The molecule has 0 aliphatic carbocycles. The van der Waals surface area contributed by atoms with E-state index < -0.39 is 16.1 Å². The van der Waals surface area contributed by atoms with Crippen LogP contribution in [-0.2, 0) is 21.3 Å². The molecule has 0 saturated carbocycles. The van der Waals surface area contributed by atoms with Crippen LogP contribution in [0.25, 0.3) is 0 Å². The maximum Gasteiger partial charge on any atom is 0.411 e. The summed E-state index contributed by atoms with van der Waals surface area (Å²) < 4.78 is 29.9. The molecule has 1 amide bonds. The van der Waals surface area contributed by atoms with E-state index in [9.17, 15) is 13.2 Å². The summed E-state index contributed by atoms with van der Waals surface area (Å²) in [4.78, 5) is 11.0. The van der Waals surface area contributed by atoms with Gasteiger partial charge in [-0.25, -0.2) is 17.9 Å². The number of hydrogen-bond donors (Lipinski definition) is 2. The van der Waals surface area contributed by atoms with Gasteiger partial charge >= 0.3 is 6.09 Å². The van der Waals surface area contributed by atoms with E-state index in [0.29, 0.717) is 12.1 Å². The van der Waals surface area contributed by atoms with E-state index in [0.717, 1.165) is 5.56 Å². The standard InChI is InChI=1S/C12H18N2O4S/c1-3-8-19(16,17)13-9-10-4-6-11(7-5-10)14-12(15)18-2/h4-7,13H,3,8-9H2,1-2H3,(H,14,15). The molecule has 1 aromatic carbocycles. The molecule has 0 unspecified atom stereocenters. The van der Waals surface area contributed by atoms with Crippen LogP contribution in [0.2, 0.25) is 0 Å². The lowest BCUT2D eigenvalue weighted by atomic mass is 10.2. The Morgan fingerprint density at radius 3 is 2.42 bits per heavy atom. The molecule has 0 aromatic heterocycles. The average Bonchev–Trinajstić information content (AvgIpc) is 2.38. The first-order valence-corrected chi connectivity index (χ1v) is 7.53. The lowest BCUT2D eigenvalue weighted by Gasteiger charge is -2.07. The Hall–Kier alpha value is -1.60. The third-order valence-corrected chi connectivity index (χ3v) is 3.88. The van der Waals surface area contributed by atoms with Gasteiger partial charge in [0.15, 0.2) is 0 Å². The Kier molecular flexibility index (Phi) is 5.78. The van der Waals surface area contributed by atoms with Crippen LogP contribution in [0, 0.1) is 0 Å². The van der Waals surface area contributed by atoms with Gasteiger partial charge in [0.1, 0.15) is 0 Å². The summed E-state index contributed by atoms with van der Waals surface area (Å²) in [6, 6.07) is 6.83. The summed E-state index contributed by atoms with van der Waals surface area (Å²) in [7, 11) is -1.92. The van der Waals surface area contributed by atoms with E-state index >= 15 is 0 Å². The SMILES string of the molecule is CCCS(=O)(=O)NCc1ccc(NC(=O)OC)cc1. The van der Waals surface area contributed by atoms with Crippen LogP contribution in [0.4, 0.5) is 10.5 Å². The summed E-state index contributed by atoms with van der Waals surface area (Å²) in [5.41, 5.74) is 1.40. The van der Waals surface area contributed by atoms with E-state index in [4.69, 9.17) is 0 Å². The fourth-order valence-electron chi connectivity index (χ4n) is 1.41. The highest BCUT2D eigenvalue weighted by Crippen LogP contribution is 2.10. The van der Waals surface area contributed by atoms with Gasteiger partial charge in [-0.3, -0.25) is 5.32 Å². The summed E-state index contributed by atoms with van der Waals surface area (Å²) in [6.45, 7) is 2.05. The molecule has 19 heavy (non-hydrogen) atoms. The van der Waals surface area contributed by atoms with Crippen molar-refractivity contribution in [3.8, 4) is 0 Å². The number of rotatable bonds is 6. The van der Waals surface area contributed by atoms with Crippen molar-refractivity contribution in [1.82, 2.24) is 4.72 Å². The quantitative estimate of drug-likeness (QED) is 0.833. The Morgan fingerprint density at radius 1 is 1.26 bits per heavy atom. The first-order chi connectivity index (χ1) is 8.96. The molecule has 0 aliphatic heterocycles. The minimum Gasteiger partial charge on any atom is -0.453 e. The molecular formula is C12H18N2O4S. The van der Waals surface area contributed by atoms with E-state index in [1.54, 1.807) is 24.3 Å². The summed E-state index contributed by atoms with van der Waals surface area (Å²) in [5, 5.41) is 2.51. The van der Waals surface area contributed by atoms with Crippen LogP contribution >= 0.6 is 0 Å². The molecule has 106 valence electrons. The number of amides is 1. The highest BCUT2D eigenvalue weighted by molar-refractivity contribution is 7.89. The Labute approximate surface area is 113 Å². The number of ether oxygens (including phenoxy) is 1. The number of sulfonamides is 1. The Morgan fingerprint density at radius 2 is 1.89 bits per heavy atom. The second-order valence-electron chi connectivity index (χ2n) is 3.95. The summed E-state index contributed by atoms with van der Waals surface area (Å²) in [5.74, 6) is 0.120. The van der Waals surface area contributed by atoms with Crippen LogP contribution in [0.5, 0.6) is 0 Å². The lowest BCUT2D eigenvalue weighted by Crippen LogP contribution is -2.25. The molecule has 0 aliphatic rings. The third-order valence-electron chi connectivity index (χ3n) is 2.35. The summed E-state index contributed by atoms with van der Waals surface area (Å²) in [6.07, 6.45) is 0.0357. The average molecular weight is 286 g/mol. The van der Waals surface area contributed by atoms with Crippen LogP contribution < -0.4 is 10.0 Å². The van der Waals surface area contributed by atoms with Crippen molar-refractivity contribution < 1.29 is 17.9 Å². The lowest BCUT2D eigenvalue weighted by molar-refractivity contribution is 0.187. The minimum atomic E-state index is -3.20. The van der Waals surface area contributed by atoms with Crippen LogP contribution in [0.3, 0.4) is 0 Å². The molecule has 0 fully saturated rings. The topological polar surface area (TPSA) is 84.5 Å². The fraction of sp³-hybridized carbons (Fsp3) is 0.417. The second kappa shape index (κ2) is 7.10. The highest BCUT2D eigenvalue weighted by atomic mass is 32.2. The van der Waals surface area contributed by atoms with E-state index in [2.05, 4.69) is 14.8 Å². The van der Waals surface area contributed by atoms with Crippen molar-refractivity contribution in [2.45, 2.75) is 19.9 Å². The molecule has 0 heterocycles. The molecule has 0 spiro atoms. The Balaban J connectivity index is 2.55. The van der Waals surface area contributed by atoms with Crippen LogP contribution in [0.15, 0.2) is 24.3 Å². The molecule has 1 rings (SSSR count). The maximum atomic E-state index is 11.5. The number of nitrogens with one attached hydrogen (secondary N) is 2. The number of methoxy groups -OCH3 is 1. The van der Waals surface area contributed by atoms with Gasteiger partial charge < -0.3 is 4.74 Å². The molecular weight excluding hydrogens is 268 g/mol. The zero-order chi connectivity index (χ0) is 14.3. The first-order valence-electron chi connectivity index (χ1n) is 5.88. The molecule has 0 bridgehead atoms. The minimum absolute atomic E-state index is 0.120. The van der Waals surface area contributed by atoms with Crippen molar-refractivity contribution >= 4 is 21.8 Å². The normalized spacial score (nSPS) is 11.1. The van der Waals surface area contributed by atoms with Gasteiger partial charge in [0.2, 0.25) is 10.0 Å². The molecule has 0 saturated heterocycles. The zero-order valence-electron chi connectivity index (χ0n) is 11.0. The third kappa shape index (κ3) is 5.71. The molecule has 1 aromatic rings. The van der Waals surface area contributed by atoms with Crippen LogP contribution in [0.1, 0.15) is 18.9 Å². The molecule has 7 heteroatoms. The first kappa shape index (κ1) is 15.5. The van der Waals surface area contributed by atoms with Gasteiger partial charge in [-0.15, -0.1) is 0 Å². The van der Waals surface area contributed by atoms with Gasteiger partial charge in [-0.05, 0) is 24.1 Å². The Bertz CT molecular complexity index is 511. The maximum absolute atomic E-state index is 11.5. The molecule has 0 atom stereocenters. The number of anilines is 1. The molecule has 0 radical (unpaired) electrons. The zero-order valence-corrected chi connectivity index (χ0v) is 11.8. The van der Waals surface area contributed by atoms with Gasteiger partial charge in [-0.2, -0.15) is 0 Å². The number of carbonyl (C=O) groups excluding carboxylic acids is 1. The van der Waals surface area contributed by atoms with E-state index in [1.807, 2.05) is 6.92 Å². The van der Waals surface area contributed by atoms with Gasteiger partial charge in [0.25, 0.3) is 0 Å². The fourth-order valence-corrected chi connectivity index (χ4v) is 2.48. The van der Waals surface area contributed by atoms with Crippen molar-refractivity contribution in [3.63, 3.8) is 0 Å². The van der Waals surface area contributed by atoms with Gasteiger partial charge in [-0.1, -0.05) is 19.1 Å². The van der Waals surface area contributed by atoms with E-state index in [-0.39, 0.29) is 12.3 Å². The van der Waals surface area contributed by atoms with Crippen molar-refractivity contribution in [2.75, 3.05) is 18.2 Å². The largest absolute Gasteiger partial charge is 0.453 e. The smallest absolute Gasteiger partial charge is 0.411 e. The van der Waals surface area contributed by atoms with E-state index in [1.165, 1.54) is 7.11 Å². The second-order valence-corrected chi connectivity index (χ2v) is 5.88. The van der Waals surface area contributed by atoms with Gasteiger partial charge in [0, 0.05) is 12.2 Å². The van der Waals surface area contributed by atoms with Crippen molar-refractivity contribution in [3.05, 3.63) is 29.8 Å². The molecule has 6 nitrogen and oxygen atoms in total. The number of hydrogen-bond acceptors (Lipinski definition) is 4. The molecule has 2 N–H and O–H groups in total. The predicted octanol–water partition coefficient (Wildman–Crippen LogP) is 1.69. The van der Waals surface area contributed by atoms with Crippen molar-refractivity contribution in [1.29, 1.82) is 0 Å². The van der Waals surface area contributed by atoms with Crippen molar-refractivity contribution in [2.24, 2.45) is 0 Å². The van der Waals surface area contributed by atoms with Gasteiger partial charge in [0.05, 0.1) is 12.9 Å². The highest BCUT2D eigenvalue weighted by Gasteiger charge is 2.08. The number of benzene rings is 1.